The molecule has 1 N–H and O–H groups in total. The molecule has 0 atom stereocenters. The maximum Gasteiger partial charge on any atom is 0.259 e. The van der Waals surface area contributed by atoms with Crippen molar-refractivity contribution < 1.29 is 23.8 Å². The largest absolute Gasteiger partial charge is 0.497 e. The van der Waals surface area contributed by atoms with Crippen LogP contribution in [-0.2, 0) is 4.79 Å². The zero-order valence-electron chi connectivity index (χ0n) is 17.4. The molecule has 0 aromatic heterocycles. The second-order valence-corrected chi connectivity index (χ2v) is 7.42. The summed E-state index contributed by atoms with van der Waals surface area (Å²) in [6, 6.07) is 10.3. The smallest absolute Gasteiger partial charge is 0.259 e. The van der Waals surface area contributed by atoms with Gasteiger partial charge in [-0.2, -0.15) is 0 Å². The number of hydrogen-bond donors (Lipinski definition) is 1. The van der Waals surface area contributed by atoms with Crippen molar-refractivity contribution in [2.45, 2.75) is 20.8 Å². The lowest BCUT2D eigenvalue weighted by Crippen LogP contribution is -2.42. The Kier molecular flexibility index (Phi) is 5.68. The Balaban J connectivity index is 1.88. The van der Waals surface area contributed by atoms with E-state index < -0.39 is 5.41 Å². The molecule has 1 heterocycles. The summed E-state index contributed by atoms with van der Waals surface area (Å²) in [7, 11) is 3.05. The molecule has 2 aromatic rings. The van der Waals surface area contributed by atoms with Crippen molar-refractivity contribution in [3.05, 3.63) is 42.0 Å². The predicted molar refractivity (Wildman–Crippen MR) is 111 cm³/mol. The maximum absolute atomic E-state index is 12.8. The standard InChI is InChI=1S/C22H26N2O5/c1-6-24-17-10-7-14(11-19(17)29-13-22(2,3)21(24)26)23-20(25)16-9-8-15(27-4)12-18(16)28-5/h7-12H,6,13H2,1-5H3,(H,23,25). The highest BCUT2D eigenvalue weighted by Crippen LogP contribution is 2.38. The van der Waals surface area contributed by atoms with Crippen molar-refractivity contribution >= 4 is 23.2 Å². The van der Waals surface area contributed by atoms with Crippen molar-refractivity contribution in [1.29, 1.82) is 0 Å². The predicted octanol–water partition coefficient (Wildman–Crippen LogP) is 3.73. The average molecular weight is 398 g/mol. The second kappa shape index (κ2) is 8.03. The summed E-state index contributed by atoms with van der Waals surface area (Å²) >= 11 is 0. The van der Waals surface area contributed by atoms with Gasteiger partial charge in [0, 0.05) is 24.4 Å². The molecular weight excluding hydrogens is 372 g/mol. The van der Waals surface area contributed by atoms with E-state index in [2.05, 4.69) is 5.32 Å². The number of fused-ring (bicyclic) bond motifs is 1. The molecule has 2 amide bonds. The normalized spacial score (nSPS) is 15.1. The molecule has 1 aliphatic rings. The molecule has 7 nitrogen and oxygen atoms in total. The summed E-state index contributed by atoms with van der Waals surface area (Å²) in [5.41, 5.74) is 1.02. The van der Waals surface area contributed by atoms with E-state index in [4.69, 9.17) is 14.2 Å². The minimum absolute atomic E-state index is 0.0125. The summed E-state index contributed by atoms with van der Waals surface area (Å²) in [6.45, 7) is 6.45. The summed E-state index contributed by atoms with van der Waals surface area (Å²) in [6.07, 6.45) is 0. The third-order valence-electron chi connectivity index (χ3n) is 4.89. The molecule has 29 heavy (non-hydrogen) atoms. The van der Waals surface area contributed by atoms with Crippen LogP contribution in [-0.4, -0.2) is 39.2 Å². The lowest BCUT2D eigenvalue weighted by Gasteiger charge is -2.26. The van der Waals surface area contributed by atoms with Gasteiger partial charge in [0.1, 0.15) is 23.9 Å². The van der Waals surface area contributed by atoms with E-state index in [9.17, 15) is 9.59 Å². The first kappa shape index (κ1) is 20.5. The fourth-order valence-corrected chi connectivity index (χ4v) is 3.22. The maximum atomic E-state index is 12.8. The number of nitrogens with zero attached hydrogens (tertiary/aromatic N) is 1. The number of ether oxygens (including phenoxy) is 3. The third kappa shape index (κ3) is 3.99. The molecule has 154 valence electrons. The molecule has 0 saturated heterocycles. The Morgan fingerprint density at radius 3 is 2.59 bits per heavy atom. The van der Waals surface area contributed by atoms with E-state index >= 15 is 0 Å². The van der Waals surface area contributed by atoms with Gasteiger partial charge in [0.25, 0.3) is 5.91 Å². The number of methoxy groups -OCH3 is 2. The number of nitrogens with one attached hydrogen (secondary N) is 1. The molecule has 3 rings (SSSR count). The molecule has 0 aliphatic carbocycles. The highest BCUT2D eigenvalue weighted by atomic mass is 16.5. The topological polar surface area (TPSA) is 77.1 Å². The van der Waals surface area contributed by atoms with Crippen molar-refractivity contribution in [3.63, 3.8) is 0 Å². The molecule has 0 spiro atoms. The van der Waals surface area contributed by atoms with Crippen LogP contribution >= 0.6 is 0 Å². The van der Waals surface area contributed by atoms with Gasteiger partial charge in [-0.05, 0) is 45.0 Å². The van der Waals surface area contributed by atoms with E-state index in [1.165, 1.54) is 7.11 Å². The Morgan fingerprint density at radius 1 is 1.17 bits per heavy atom. The highest BCUT2D eigenvalue weighted by molar-refractivity contribution is 6.07. The fourth-order valence-electron chi connectivity index (χ4n) is 3.22. The minimum atomic E-state index is -0.630. The van der Waals surface area contributed by atoms with Gasteiger partial charge in [-0.25, -0.2) is 0 Å². The first-order chi connectivity index (χ1) is 13.8. The molecule has 1 aliphatic heterocycles. The minimum Gasteiger partial charge on any atom is -0.497 e. The summed E-state index contributed by atoms with van der Waals surface area (Å²) in [4.78, 5) is 27.3. The molecule has 0 unspecified atom stereocenters. The van der Waals surface area contributed by atoms with E-state index in [1.54, 1.807) is 48.4 Å². The van der Waals surface area contributed by atoms with Gasteiger partial charge < -0.3 is 24.4 Å². The molecule has 0 radical (unpaired) electrons. The zero-order valence-corrected chi connectivity index (χ0v) is 17.4. The Hall–Kier alpha value is -3.22. The summed E-state index contributed by atoms with van der Waals surface area (Å²) < 4.78 is 16.4. The molecule has 7 heteroatoms. The fraction of sp³-hybridized carbons (Fsp3) is 0.364. The molecule has 2 aromatic carbocycles. The van der Waals surface area contributed by atoms with Gasteiger partial charge in [-0.3, -0.25) is 9.59 Å². The Labute approximate surface area is 170 Å². The lowest BCUT2D eigenvalue weighted by molar-refractivity contribution is -0.127. The van der Waals surface area contributed by atoms with Crippen LogP contribution in [0.5, 0.6) is 17.2 Å². The number of carbonyl (C=O) groups excluding carboxylic acids is 2. The van der Waals surface area contributed by atoms with E-state index in [0.29, 0.717) is 40.7 Å². The summed E-state index contributed by atoms with van der Waals surface area (Å²) in [5, 5.41) is 2.86. The van der Waals surface area contributed by atoms with Crippen LogP contribution in [0.4, 0.5) is 11.4 Å². The van der Waals surface area contributed by atoms with Crippen molar-refractivity contribution in [2.75, 3.05) is 37.6 Å². The second-order valence-electron chi connectivity index (χ2n) is 7.42. The Morgan fingerprint density at radius 2 is 1.93 bits per heavy atom. The van der Waals surface area contributed by atoms with E-state index in [0.717, 1.165) is 0 Å². The van der Waals surface area contributed by atoms with Gasteiger partial charge in [0.15, 0.2) is 0 Å². The summed E-state index contributed by atoms with van der Waals surface area (Å²) in [5.74, 6) is 1.27. The van der Waals surface area contributed by atoms with Crippen molar-refractivity contribution in [1.82, 2.24) is 0 Å². The van der Waals surface area contributed by atoms with Gasteiger partial charge in [0.2, 0.25) is 5.91 Å². The number of amides is 2. The number of benzene rings is 2. The number of carbonyl (C=O) groups is 2. The van der Waals surface area contributed by atoms with Gasteiger partial charge in [0.05, 0.1) is 30.9 Å². The first-order valence-corrected chi connectivity index (χ1v) is 9.43. The average Bonchev–Trinajstić information content (AvgIpc) is 2.81. The van der Waals surface area contributed by atoms with Crippen LogP contribution in [0.3, 0.4) is 0 Å². The van der Waals surface area contributed by atoms with Crippen LogP contribution in [0.25, 0.3) is 0 Å². The van der Waals surface area contributed by atoms with Crippen LogP contribution in [0, 0.1) is 5.41 Å². The van der Waals surface area contributed by atoms with Gasteiger partial charge in [-0.15, -0.1) is 0 Å². The van der Waals surface area contributed by atoms with Crippen LogP contribution in [0.1, 0.15) is 31.1 Å². The third-order valence-corrected chi connectivity index (χ3v) is 4.89. The molecular formula is C22H26N2O5. The quantitative estimate of drug-likeness (QED) is 0.831. The van der Waals surface area contributed by atoms with Crippen molar-refractivity contribution in [3.8, 4) is 17.2 Å². The first-order valence-electron chi connectivity index (χ1n) is 9.43. The van der Waals surface area contributed by atoms with Crippen molar-refractivity contribution in [2.24, 2.45) is 5.41 Å². The molecule has 0 saturated carbocycles. The van der Waals surface area contributed by atoms with Gasteiger partial charge in [-0.1, -0.05) is 0 Å². The number of rotatable bonds is 5. The molecule has 0 fully saturated rings. The van der Waals surface area contributed by atoms with Crippen LogP contribution < -0.4 is 24.4 Å². The number of anilines is 2. The lowest BCUT2D eigenvalue weighted by atomic mass is 9.93. The SMILES string of the molecule is CCN1C(=O)C(C)(C)COc2cc(NC(=O)c3ccc(OC)cc3OC)ccc21. The van der Waals surface area contributed by atoms with Crippen LogP contribution in [0.2, 0.25) is 0 Å². The highest BCUT2D eigenvalue weighted by Gasteiger charge is 2.37. The van der Waals surface area contributed by atoms with Crippen LogP contribution in [0.15, 0.2) is 36.4 Å². The van der Waals surface area contributed by atoms with E-state index in [-0.39, 0.29) is 18.4 Å². The van der Waals surface area contributed by atoms with E-state index in [1.807, 2.05) is 20.8 Å². The number of hydrogen-bond acceptors (Lipinski definition) is 5. The zero-order chi connectivity index (χ0) is 21.2. The molecule has 0 bridgehead atoms. The Bertz CT molecular complexity index is 939. The monoisotopic (exact) mass is 398 g/mol. The van der Waals surface area contributed by atoms with Gasteiger partial charge >= 0.3 is 0 Å².